The Morgan fingerprint density at radius 2 is 1.07 bits per heavy atom. The Labute approximate surface area is 237 Å². The van der Waals surface area contributed by atoms with Gasteiger partial charge in [0, 0.05) is 43.0 Å². The van der Waals surface area contributed by atoms with Gasteiger partial charge in [-0.25, -0.2) is 0 Å². The summed E-state index contributed by atoms with van der Waals surface area (Å²) in [5.74, 6) is 0. The number of hydrogen-bond donors (Lipinski definition) is 0. The van der Waals surface area contributed by atoms with Crippen LogP contribution >= 0.6 is 11.3 Å². The molecule has 40 heavy (non-hydrogen) atoms. The van der Waals surface area contributed by atoms with Gasteiger partial charge in [0.15, 0.2) is 0 Å². The van der Waals surface area contributed by atoms with E-state index in [-0.39, 0.29) is 0 Å². The number of benzene rings is 6. The molecule has 0 fully saturated rings. The van der Waals surface area contributed by atoms with Gasteiger partial charge in [-0.3, -0.25) is 0 Å². The Balaban J connectivity index is 1.26. The maximum absolute atomic E-state index is 2.33. The highest BCUT2D eigenvalue weighted by Gasteiger charge is 2.14. The Kier molecular flexibility index (Phi) is 5.39. The van der Waals surface area contributed by atoms with Crippen LogP contribution in [0.15, 0.2) is 152 Å². The van der Waals surface area contributed by atoms with Crippen molar-refractivity contribution in [1.29, 1.82) is 0 Å². The molecule has 0 unspecified atom stereocenters. The van der Waals surface area contributed by atoms with Crippen LogP contribution in [0.2, 0.25) is 0 Å². The topological polar surface area (TPSA) is 4.93 Å². The van der Waals surface area contributed by atoms with Crippen LogP contribution in [-0.2, 0) is 0 Å². The molecule has 6 aromatic carbocycles. The molecule has 188 valence electrons. The Morgan fingerprint density at radius 3 is 1.88 bits per heavy atom. The van der Waals surface area contributed by atoms with Gasteiger partial charge < -0.3 is 4.57 Å². The van der Waals surface area contributed by atoms with Gasteiger partial charge >= 0.3 is 0 Å². The smallest absolute Gasteiger partial charge is 0.0535 e. The van der Waals surface area contributed by atoms with Crippen LogP contribution in [0.4, 0.5) is 0 Å². The molecule has 0 saturated heterocycles. The van der Waals surface area contributed by atoms with E-state index in [1.54, 1.807) is 0 Å². The van der Waals surface area contributed by atoms with Crippen molar-refractivity contribution in [2.45, 2.75) is 0 Å². The lowest BCUT2D eigenvalue weighted by molar-refractivity contribution is 1.13. The van der Waals surface area contributed by atoms with Gasteiger partial charge in [0.2, 0.25) is 0 Å². The average Bonchev–Trinajstić information content (AvgIpc) is 3.61. The second-order valence-corrected chi connectivity index (χ2v) is 11.3. The zero-order valence-electron chi connectivity index (χ0n) is 21.8. The molecule has 0 aliphatic carbocycles. The maximum atomic E-state index is 2.33. The molecule has 1 nitrogen and oxygen atoms in total. The number of nitrogens with zero attached hydrogens (tertiary/aromatic N) is 1. The van der Waals surface area contributed by atoms with Crippen molar-refractivity contribution in [3.63, 3.8) is 0 Å². The molecule has 2 heteroatoms. The summed E-state index contributed by atoms with van der Waals surface area (Å²) >= 11 is 1.88. The second-order valence-electron chi connectivity index (χ2n) is 10.2. The summed E-state index contributed by atoms with van der Waals surface area (Å²) in [6, 6.07) is 52.6. The van der Waals surface area contributed by atoms with E-state index in [0.717, 1.165) is 5.69 Å². The van der Waals surface area contributed by atoms with Gasteiger partial charge in [-0.05, 0) is 58.1 Å². The number of hydrogen-bond acceptors (Lipinski definition) is 1. The molecule has 0 aliphatic rings. The molecule has 0 N–H and O–H groups in total. The van der Waals surface area contributed by atoms with Crippen molar-refractivity contribution in [2.24, 2.45) is 0 Å². The first-order valence-corrected chi connectivity index (χ1v) is 14.4. The minimum atomic E-state index is 1.16. The molecule has 0 atom stereocenters. The predicted octanol–water partition coefficient (Wildman–Crippen LogP) is 11.0. The monoisotopic (exact) mass is 527 g/mol. The van der Waals surface area contributed by atoms with Crippen LogP contribution in [-0.4, -0.2) is 4.57 Å². The van der Waals surface area contributed by atoms with Gasteiger partial charge in [0.05, 0.1) is 5.52 Å². The highest BCUT2D eigenvalue weighted by molar-refractivity contribution is 7.26. The highest BCUT2D eigenvalue weighted by atomic mass is 32.1. The van der Waals surface area contributed by atoms with Crippen LogP contribution in [0, 0.1) is 0 Å². The third-order valence-corrected chi connectivity index (χ3v) is 9.08. The van der Waals surface area contributed by atoms with Crippen molar-refractivity contribution in [3.8, 4) is 39.1 Å². The summed E-state index contributed by atoms with van der Waals surface area (Å²) in [6.45, 7) is 0. The highest BCUT2D eigenvalue weighted by Crippen LogP contribution is 2.40. The SMILES string of the molecule is c1ccc(-c2ccc3c(c2)c(-c2ccccc2)cn3-c2ccc(-c3cccc4c3sc3ccccc34)cc2)cc1. The molecule has 0 spiro atoms. The molecule has 0 amide bonds. The molecule has 2 heterocycles. The van der Waals surface area contributed by atoms with Gasteiger partial charge in [-0.15, -0.1) is 11.3 Å². The summed E-state index contributed by atoms with van der Waals surface area (Å²) in [6.07, 6.45) is 2.29. The fraction of sp³-hybridized carbons (Fsp3) is 0. The van der Waals surface area contributed by atoms with E-state index in [1.165, 1.54) is 64.5 Å². The van der Waals surface area contributed by atoms with Crippen LogP contribution in [0.3, 0.4) is 0 Å². The van der Waals surface area contributed by atoms with Gasteiger partial charge in [0.1, 0.15) is 0 Å². The number of rotatable bonds is 4. The molecular weight excluding hydrogens is 502 g/mol. The minimum absolute atomic E-state index is 1.16. The lowest BCUT2D eigenvalue weighted by Crippen LogP contribution is -1.92. The van der Waals surface area contributed by atoms with E-state index in [9.17, 15) is 0 Å². The van der Waals surface area contributed by atoms with E-state index in [2.05, 4.69) is 156 Å². The molecule has 0 radical (unpaired) electrons. The van der Waals surface area contributed by atoms with E-state index in [4.69, 9.17) is 0 Å². The first-order chi connectivity index (χ1) is 19.8. The van der Waals surface area contributed by atoms with Crippen molar-refractivity contribution >= 4 is 42.4 Å². The van der Waals surface area contributed by atoms with E-state index >= 15 is 0 Å². The summed E-state index contributed by atoms with van der Waals surface area (Å²) in [5, 5.41) is 3.93. The Bertz CT molecular complexity index is 2130. The van der Waals surface area contributed by atoms with Crippen molar-refractivity contribution in [2.75, 3.05) is 0 Å². The van der Waals surface area contributed by atoms with Crippen molar-refractivity contribution < 1.29 is 0 Å². The van der Waals surface area contributed by atoms with Crippen LogP contribution in [0.25, 0.3) is 70.1 Å². The molecule has 0 saturated carbocycles. The number of aromatic nitrogens is 1. The quantitative estimate of drug-likeness (QED) is 0.214. The van der Waals surface area contributed by atoms with Gasteiger partial charge in [-0.1, -0.05) is 115 Å². The lowest BCUT2D eigenvalue weighted by Gasteiger charge is -2.09. The predicted molar refractivity (Wildman–Crippen MR) is 172 cm³/mol. The largest absolute Gasteiger partial charge is 0.316 e. The molecule has 0 aliphatic heterocycles. The third-order valence-electron chi connectivity index (χ3n) is 7.86. The normalized spacial score (nSPS) is 11.5. The third kappa shape index (κ3) is 3.77. The Hall–Kier alpha value is -4.92. The molecular formula is C38H25NS. The standard InChI is InChI=1S/C38H25NS/c1-3-10-26(11-4-1)29-20-23-36-34(24-29)35(27-12-5-2-6-13-27)25-39(36)30-21-18-28(19-22-30)31-15-9-16-33-32-14-7-8-17-37(32)40-38(31)33/h1-25H. The van der Waals surface area contributed by atoms with Crippen LogP contribution < -0.4 is 0 Å². The summed E-state index contributed by atoms with van der Waals surface area (Å²) in [7, 11) is 0. The van der Waals surface area contributed by atoms with Gasteiger partial charge in [0.25, 0.3) is 0 Å². The first-order valence-electron chi connectivity index (χ1n) is 13.6. The molecule has 8 aromatic rings. The summed E-state index contributed by atoms with van der Waals surface area (Å²) in [5.41, 5.74) is 9.83. The fourth-order valence-electron chi connectivity index (χ4n) is 5.88. The molecule has 0 bridgehead atoms. The first kappa shape index (κ1) is 23.0. The van der Waals surface area contributed by atoms with E-state index in [0.29, 0.717) is 0 Å². The van der Waals surface area contributed by atoms with E-state index < -0.39 is 0 Å². The van der Waals surface area contributed by atoms with Gasteiger partial charge in [-0.2, -0.15) is 0 Å². The van der Waals surface area contributed by atoms with Crippen molar-refractivity contribution in [3.05, 3.63) is 152 Å². The maximum Gasteiger partial charge on any atom is 0.0535 e. The zero-order valence-corrected chi connectivity index (χ0v) is 22.6. The van der Waals surface area contributed by atoms with Crippen molar-refractivity contribution in [1.82, 2.24) is 4.57 Å². The number of thiophene rings is 1. The number of fused-ring (bicyclic) bond motifs is 4. The fourth-order valence-corrected chi connectivity index (χ4v) is 7.12. The Morgan fingerprint density at radius 1 is 0.425 bits per heavy atom. The molecule has 8 rings (SSSR count). The minimum Gasteiger partial charge on any atom is -0.316 e. The van der Waals surface area contributed by atoms with Crippen LogP contribution in [0.1, 0.15) is 0 Å². The summed E-state index contributed by atoms with van der Waals surface area (Å²) < 4.78 is 5.02. The second kappa shape index (κ2) is 9.37. The molecule has 2 aromatic heterocycles. The van der Waals surface area contributed by atoms with Crippen LogP contribution in [0.5, 0.6) is 0 Å². The van der Waals surface area contributed by atoms with E-state index in [1.807, 2.05) is 11.3 Å². The summed E-state index contributed by atoms with van der Waals surface area (Å²) in [4.78, 5) is 0. The lowest BCUT2D eigenvalue weighted by atomic mass is 10.00. The average molecular weight is 528 g/mol. The zero-order chi connectivity index (χ0) is 26.5.